The van der Waals surface area contributed by atoms with Crippen molar-refractivity contribution in [2.75, 3.05) is 7.05 Å². The Balaban J connectivity index is 2.57. The molecule has 0 bridgehead atoms. The highest BCUT2D eigenvalue weighted by Gasteiger charge is 2.28. The molecule has 0 radical (unpaired) electrons. The normalized spacial score (nSPS) is 15.7. The van der Waals surface area contributed by atoms with Gasteiger partial charge in [0, 0.05) is 13.2 Å². The molecule has 1 aliphatic rings. The molecule has 0 spiro atoms. The fourth-order valence-electron chi connectivity index (χ4n) is 1.48. The molecule has 2 heterocycles. The predicted molar refractivity (Wildman–Crippen MR) is 49.8 cm³/mol. The zero-order valence-corrected chi connectivity index (χ0v) is 8.07. The quantitative estimate of drug-likeness (QED) is 0.561. The molecule has 2 rings (SSSR count). The number of rotatable bonds is 0. The number of likely N-dealkylation sites (N-methyl/N-ethyl adjacent to an activating group) is 1. The molecule has 1 aromatic rings. The van der Waals surface area contributed by atoms with Gasteiger partial charge in [-0.15, -0.1) is 0 Å². The lowest BCUT2D eigenvalue weighted by molar-refractivity contribution is -0.127. The van der Waals surface area contributed by atoms with Gasteiger partial charge in [0.05, 0.1) is 17.7 Å². The van der Waals surface area contributed by atoms with Crippen LogP contribution in [0.15, 0.2) is 12.3 Å². The van der Waals surface area contributed by atoms with E-state index >= 15 is 0 Å². The molecule has 4 nitrogen and oxygen atoms in total. The molecule has 14 heavy (non-hydrogen) atoms. The molecule has 2 amide bonds. The summed E-state index contributed by atoms with van der Waals surface area (Å²) < 4.78 is 0. The first-order chi connectivity index (χ1) is 6.59. The summed E-state index contributed by atoms with van der Waals surface area (Å²) in [5.41, 5.74) is 2.07. The number of fused-ring (bicyclic) bond motifs is 1. The lowest BCUT2D eigenvalue weighted by Gasteiger charge is -2.22. The number of aromatic nitrogens is 1. The van der Waals surface area contributed by atoms with Crippen LogP contribution in [0.5, 0.6) is 0 Å². The number of aryl methyl sites for hydroxylation is 1. The van der Waals surface area contributed by atoms with E-state index in [1.54, 1.807) is 12.3 Å². The SMILES string of the molecule is Cc1cnc2c(c1)C(=O)N(C)C(=O)C2. The third kappa shape index (κ3) is 1.19. The van der Waals surface area contributed by atoms with E-state index in [0.717, 1.165) is 10.5 Å². The van der Waals surface area contributed by atoms with Crippen molar-refractivity contribution in [2.24, 2.45) is 0 Å². The number of carbonyl (C=O) groups is 2. The number of hydrogen-bond acceptors (Lipinski definition) is 3. The fraction of sp³-hybridized carbons (Fsp3) is 0.300. The van der Waals surface area contributed by atoms with Crippen molar-refractivity contribution in [3.8, 4) is 0 Å². The number of nitrogens with zero attached hydrogens (tertiary/aromatic N) is 2. The van der Waals surface area contributed by atoms with Crippen LogP contribution in [0.25, 0.3) is 0 Å². The highest BCUT2D eigenvalue weighted by Crippen LogP contribution is 2.17. The van der Waals surface area contributed by atoms with E-state index in [9.17, 15) is 9.59 Å². The minimum atomic E-state index is -0.257. The first kappa shape index (κ1) is 8.87. The molecular formula is C10H10N2O2. The molecule has 0 fully saturated rings. The molecule has 1 aliphatic heterocycles. The van der Waals surface area contributed by atoms with Gasteiger partial charge in [-0.05, 0) is 18.6 Å². The van der Waals surface area contributed by atoms with Gasteiger partial charge in [-0.3, -0.25) is 19.5 Å². The summed E-state index contributed by atoms with van der Waals surface area (Å²) in [4.78, 5) is 28.2. The summed E-state index contributed by atoms with van der Waals surface area (Å²) in [6.45, 7) is 1.87. The Bertz CT molecular complexity index is 426. The molecule has 0 saturated heterocycles. The maximum atomic E-state index is 11.6. The maximum absolute atomic E-state index is 11.6. The molecule has 0 saturated carbocycles. The van der Waals surface area contributed by atoms with E-state index in [-0.39, 0.29) is 18.2 Å². The Labute approximate surface area is 81.6 Å². The van der Waals surface area contributed by atoms with Crippen molar-refractivity contribution >= 4 is 11.8 Å². The fourth-order valence-corrected chi connectivity index (χ4v) is 1.48. The topological polar surface area (TPSA) is 50.3 Å². The van der Waals surface area contributed by atoms with Gasteiger partial charge in [-0.25, -0.2) is 0 Å². The zero-order chi connectivity index (χ0) is 10.3. The average Bonchev–Trinajstić information content (AvgIpc) is 2.16. The van der Waals surface area contributed by atoms with E-state index in [1.165, 1.54) is 7.05 Å². The largest absolute Gasteiger partial charge is 0.281 e. The molecule has 0 atom stereocenters. The number of amides is 2. The van der Waals surface area contributed by atoms with Gasteiger partial charge >= 0.3 is 0 Å². The molecule has 72 valence electrons. The van der Waals surface area contributed by atoms with Crippen molar-refractivity contribution in [1.82, 2.24) is 9.88 Å². The Morgan fingerprint density at radius 2 is 2.14 bits per heavy atom. The second kappa shape index (κ2) is 2.90. The van der Waals surface area contributed by atoms with Crippen LogP contribution in [0.3, 0.4) is 0 Å². The van der Waals surface area contributed by atoms with Crippen LogP contribution in [0.2, 0.25) is 0 Å². The summed E-state index contributed by atoms with van der Waals surface area (Å²) in [7, 11) is 1.50. The third-order valence-corrected chi connectivity index (χ3v) is 2.33. The minimum Gasteiger partial charge on any atom is -0.281 e. The summed E-state index contributed by atoms with van der Waals surface area (Å²) in [6, 6.07) is 1.77. The van der Waals surface area contributed by atoms with E-state index < -0.39 is 0 Å². The average molecular weight is 190 g/mol. The standard InChI is InChI=1S/C10H10N2O2/c1-6-3-7-8(11-5-6)4-9(13)12(2)10(7)14/h3,5H,4H2,1-2H3. The third-order valence-electron chi connectivity index (χ3n) is 2.33. The Hall–Kier alpha value is -1.71. The smallest absolute Gasteiger partial charge is 0.262 e. The molecule has 0 N–H and O–H groups in total. The van der Waals surface area contributed by atoms with Gasteiger partial charge in [0.25, 0.3) is 5.91 Å². The summed E-state index contributed by atoms with van der Waals surface area (Å²) in [5.74, 6) is -0.452. The van der Waals surface area contributed by atoms with Crippen LogP contribution in [0.4, 0.5) is 0 Å². The minimum absolute atomic E-state index is 0.196. The van der Waals surface area contributed by atoms with E-state index in [0.29, 0.717) is 11.3 Å². The molecule has 4 heteroatoms. The van der Waals surface area contributed by atoms with Crippen molar-refractivity contribution in [3.05, 3.63) is 29.1 Å². The molecule has 1 aromatic heterocycles. The lowest BCUT2D eigenvalue weighted by atomic mass is 10.0. The van der Waals surface area contributed by atoms with Gasteiger partial charge in [0.2, 0.25) is 5.91 Å². The van der Waals surface area contributed by atoms with Crippen LogP contribution in [-0.4, -0.2) is 28.7 Å². The maximum Gasteiger partial charge on any atom is 0.262 e. The van der Waals surface area contributed by atoms with Crippen LogP contribution in [0.1, 0.15) is 21.6 Å². The van der Waals surface area contributed by atoms with E-state index in [2.05, 4.69) is 4.98 Å². The number of hydrogen-bond donors (Lipinski definition) is 0. The Morgan fingerprint density at radius 1 is 1.43 bits per heavy atom. The zero-order valence-electron chi connectivity index (χ0n) is 8.07. The van der Waals surface area contributed by atoms with Crippen LogP contribution >= 0.6 is 0 Å². The number of pyridine rings is 1. The van der Waals surface area contributed by atoms with Gasteiger partial charge < -0.3 is 0 Å². The number of imide groups is 1. The van der Waals surface area contributed by atoms with E-state index in [1.807, 2.05) is 6.92 Å². The van der Waals surface area contributed by atoms with Crippen LogP contribution in [0, 0.1) is 6.92 Å². The van der Waals surface area contributed by atoms with E-state index in [4.69, 9.17) is 0 Å². The van der Waals surface area contributed by atoms with Gasteiger partial charge in [0.1, 0.15) is 0 Å². The summed E-state index contributed by atoms with van der Waals surface area (Å²) in [6.07, 6.45) is 1.89. The molecule has 0 unspecified atom stereocenters. The van der Waals surface area contributed by atoms with Crippen molar-refractivity contribution < 1.29 is 9.59 Å². The predicted octanol–water partition coefficient (Wildman–Crippen LogP) is 0.545. The van der Waals surface area contributed by atoms with Gasteiger partial charge in [-0.1, -0.05) is 0 Å². The molecular weight excluding hydrogens is 180 g/mol. The number of carbonyl (C=O) groups excluding carboxylic acids is 2. The van der Waals surface area contributed by atoms with Crippen molar-refractivity contribution in [3.63, 3.8) is 0 Å². The first-order valence-corrected chi connectivity index (χ1v) is 4.36. The highest BCUT2D eigenvalue weighted by molar-refractivity contribution is 6.09. The van der Waals surface area contributed by atoms with Crippen LogP contribution < -0.4 is 0 Å². The van der Waals surface area contributed by atoms with Crippen molar-refractivity contribution in [1.29, 1.82) is 0 Å². The second-order valence-electron chi connectivity index (χ2n) is 3.44. The highest BCUT2D eigenvalue weighted by atomic mass is 16.2. The summed E-state index contributed by atoms with van der Waals surface area (Å²) >= 11 is 0. The Morgan fingerprint density at radius 3 is 2.86 bits per heavy atom. The van der Waals surface area contributed by atoms with Crippen LogP contribution in [-0.2, 0) is 11.2 Å². The lowest BCUT2D eigenvalue weighted by Crippen LogP contribution is -2.39. The van der Waals surface area contributed by atoms with Crippen molar-refractivity contribution in [2.45, 2.75) is 13.3 Å². The van der Waals surface area contributed by atoms with Gasteiger partial charge in [-0.2, -0.15) is 0 Å². The Kier molecular flexibility index (Phi) is 1.84. The first-order valence-electron chi connectivity index (χ1n) is 4.36. The molecule has 0 aromatic carbocycles. The second-order valence-corrected chi connectivity index (χ2v) is 3.44. The summed E-state index contributed by atoms with van der Waals surface area (Å²) in [5, 5.41) is 0. The van der Waals surface area contributed by atoms with Gasteiger partial charge in [0.15, 0.2) is 0 Å². The monoisotopic (exact) mass is 190 g/mol. The molecule has 0 aliphatic carbocycles.